The van der Waals surface area contributed by atoms with Gasteiger partial charge < -0.3 is 5.32 Å². The lowest BCUT2D eigenvalue weighted by atomic mass is 10.1. The van der Waals surface area contributed by atoms with Gasteiger partial charge >= 0.3 is 0 Å². The van der Waals surface area contributed by atoms with E-state index in [4.69, 9.17) is 0 Å². The molecule has 82 valence electrons. The molecular formula is C13H19NS. The average Bonchev–Trinajstić information content (AvgIpc) is 2.63. The highest BCUT2D eigenvalue weighted by molar-refractivity contribution is 8.00. The highest BCUT2D eigenvalue weighted by atomic mass is 32.2. The summed E-state index contributed by atoms with van der Waals surface area (Å²) in [6.07, 6.45) is 1.32. The highest BCUT2D eigenvalue weighted by Crippen LogP contribution is 2.26. The zero-order valence-electron chi connectivity index (χ0n) is 9.49. The van der Waals surface area contributed by atoms with E-state index >= 15 is 0 Å². The van der Waals surface area contributed by atoms with Crippen LogP contribution in [0.4, 0.5) is 0 Å². The predicted octanol–water partition coefficient (Wildman–Crippen LogP) is 2.98. The summed E-state index contributed by atoms with van der Waals surface area (Å²) in [4.78, 5) is 0. The number of rotatable bonds is 3. The van der Waals surface area contributed by atoms with Gasteiger partial charge in [0, 0.05) is 17.8 Å². The molecule has 0 aromatic heterocycles. The minimum absolute atomic E-state index is 0.703. The van der Waals surface area contributed by atoms with Gasteiger partial charge in [0.15, 0.2) is 0 Å². The van der Waals surface area contributed by atoms with Crippen molar-refractivity contribution in [2.45, 2.75) is 38.1 Å². The molecule has 2 heteroatoms. The summed E-state index contributed by atoms with van der Waals surface area (Å²) in [5.41, 5.74) is 2.82. The van der Waals surface area contributed by atoms with E-state index in [0.29, 0.717) is 6.04 Å². The Labute approximate surface area is 96.7 Å². The van der Waals surface area contributed by atoms with Crippen molar-refractivity contribution in [3.8, 4) is 0 Å². The molecule has 0 amide bonds. The number of benzene rings is 1. The zero-order chi connectivity index (χ0) is 10.7. The van der Waals surface area contributed by atoms with Crippen LogP contribution in [-0.2, 0) is 6.54 Å². The summed E-state index contributed by atoms with van der Waals surface area (Å²) < 4.78 is 0. The van der Waals surface area contributed by atoms with Gasteiger partial charge in [0.05, 0.1) is 0 Å². The minimum atomic E-state index is 0.703. The molecule has 1 aliphatic rings. The summed E-state index contributed by atoms with van der Waals surface area (Å²) >= 11 is 2.08. The van der Waals surface area contributed by atoms with Gasteiger partial charge in [-0.05, 0) is 30.2 Å². The van der Waals surface area contributed by atoms with Crippen molar-refractivity contribution < 1.29 is 0 Å². The Morgan fingerprint density at radius 3 is 2.87 bits per heavy atom. The molecule has 0 radical (unpaired) electrons. The third-order valence-electron chi connectivity index (χ3n) is 3.19. The van der Waals surface area contributed by atoms with E-state index in [1.807, 2.05) is 0 Å². The predicted molar refractivity (Wildman–Crippen MR) is 68.3 cm³/mol. The highest BCUT2D eigenvalue weighted by Gasteiger charge is 2.22. The molecule has 0 aliphatic carbocycles. The van der Waals surface area contributed by atoms with Gasteiger partial charge in [0.25, 0.3) is 0 Å². The molecule has 1 fully saturated rings. The second-order valence-electron chi connectivity index (χ2n) is 4.28. The molecule has 0 bridgehead atoms. The van der Waals surface area contributed by atoms with E-state index in [-0.39, 0.29) is 0 Å². The third-order valence-corrected chi connectivity index (χ3v) is 4.52. The van der Waals surface area contributed by atoms with Crippen LogP contribution in [0, 0.1) is 6.92 Å². The SMILES string of the molecule is Cc1ccccc1CNC1CCSC1C. The minimum Gasteiger partial charge on any atom is -0.309 e. The van der Waals surface area contributed by atoms with E-state index in [1.54, 1.807) is 0 Å². The number of thioether (sulfide) groups is 1. The van der Waals surface area contributed by atoms with E-state index in [2.05, 4.69) is 55.2 Å². The van der Waals surface area contributed by atoms with Gasteiger partial charge in [-0.25, -0.2) is 0 Å². The van der Waals surface area contributed by atoms with E-state index in [9.17, 15) is 0 Å². The fraction of sp³-hybridized carbons (Fsp3) is 0.538. The molecule has 1 aliphatic heterocycles. The number of nitrogens with one attached hydrogen (secondary N) is 1. The van der Waals surface area contributed by atoms with Crippen molar-refractivity contribution in [2.24, 2.45) is 0 Å². The fourth-order valence-corrected chi connectivity index (χ4v) is 3.28. The first-order chi connectivity index (χ1) is 7.27. The van der Waals surface area contributed by atoms with E-state index < -0.39 is 0 Å². The van der Waals surface area contributed by atoms with Gasteiger partial charge in [-0.2, -0.15) is 11.8 Å². The van der Waals surface area contributed by atoms with Crippen LogP contribution >= 0.6 is 11.8 Å². The first kappa shape index (κ1) is 11.0. The van der Waals surface area contributed by atoms with Crippen LogP contribution in [0.1, 0.15) is 24.5 Å². The maximum absolute atomic E-state index is 3.67. The van der Waals surface area contributed by atoms with Crippen molar-refractivity contribution in [1.82, 2.24) is 5.32 Å². The Bertz CT molecular complexity index is 324. The van der Waals surface area contributed by atoms with Crippen LogP contribution in [0.2, 0.25) is 0 Å². The average molecular weight is 221 g/mol. The summed E-state index contributed by atoms with van der Waals surface area (Å²) in [6, 6.07) is 9.33. The maximum Gasteiger partial charge on any atom is 0.0211 e. The molecule has 2 rings (SSSR count). The van der Waals surface area contributed by atoms with Crippen LogP contribution in [0.3, 0.4) is 0 Å². The fourth-order valence-electron chi connectivity index (χ4n) is 2.05. The van der Waals surface area contributed by atoms with Crippen LogP contribution < -0.4 is 5.32 Å². The van der Waals surface area contributed by atoms with Crippen molar-refractivity contribution in [1.29, 1.82) is 0 Å². The van der Waals surface area contributed by atoms with Gasteiger partial charge in [0.2, 0.25) is 0 Å². The monoisotopic (exact) mass is 221 g/mol. The van der Waals surface area contributed by atoms with E-state index in [1.165, 1.54) is 23.3 Å². The number of aryl methyl sites for hydroxylation is 1. The second-order valence-corrected chi connectivity index (χ2v) is 5.76. The largest absolute Gasteiger partial charge is 0.309 e. The van der Waals surface area contributed by atoms with Crippen LogP contribution in [-0.4, -0.2) is 17.0 Å². The van der Waals surface area contributed by atoms with Crippen molar-refractivity contribution >= 4 is 11.8 Å². The number of hydrogen-bond donors (Lipinski definition) is 1. The molecule has 1 heterocycles. The Morgan fingerprint density at radius 1 is 1.40 bits per heavy atom. The Kier molecular flexibility index (Phi) is 3.71. The van der Waals surface area contributed by atoms with Gasteiger partial charge in [-0.3, -0.25) is 0 Å². The lowest BCUT2D eigenvalue weighted by molar-refractivity contribution is 0.512. The second kappa shape index (κ2) is 5.04. The smallest absolute Gasteiger partial charge is 0.0211 e. The molecule has 2 unspecified atom stereocenters. The maximum atomic E-state index is 3.67. The van der Waals surface area contributed by atoms with Crippen LogP contribution in [0.15, 0.2) is 24.3 Å². The molecule has 1 aromatic carbocycles. The Morgan fingerprint density at radius 2 is 2.20 bits per heavy atom. The standard InChI is InChI=1S/C13H19NS/c1-10-5-3-4-6-12(10)9-14-13-7-8-15-11(13)2/h3-6,11,13-14H,7-9H2,1-2H3. The summed E-state index contributed by atoms with van der Waals surface area (Å²) in [5.74, 6) is 1.31. The lowest BCUT2D eigenvalue weighted by Gasteiger charge is -2.17. The normalized spacial score (nSPS) is 25.7. The molecule has 0 saturated carbocycles. The Balaban J connectivity index is 1.90. The molecule has 15 heavy (non-hydrogen) atoms. The van der Waals surface area contributed by atoms with Crippen LogP contribution in [0.25, 0.3) is 0 Å². The first-order valence-electron chi connectivity index (χ1n) is 5.67. The van der Waals surface area contributed by atoms with Crippen molar-refractivity contribution in [2.75, 3.05) is 5.75 Å². The third kappa shape index (κ3) is 2.76. The quantitative estimate of drug-likeness (QED) is 0.842. The molecule has 1 aromatic rings. The molecule has 1 N–H and O–H groups in total. The zero-order valence-corrected chi connectivity index (χ0v) is 10.3. The molecule has 1 nitrogen and oxygen atoms in total. The molecule has 1 saturated heterocycles. The molecule has 0 spiro atoms. The summed E-state index contributed by atoms with van der Waals surface area (Å²) in [7, 11) is 0. The molecule has 2 atom stereocenters. The van der Waals surface area contributed by atoms with Gasteiger partial charge in [-0.15, -0.1) is 0 Å². The molecular weight excluding hydrogens is 202 g/mol. The van der Waals surface area contributed by atoms with Crippen molar-refractivity contribution in [3.05, 3.63) is 35.4 Å². The van der Waals surface area contributed by atoms with Crippen LogP contribution in [0.5, 0.6) is 0 Å². The van der Waals surface area contributed by atoms with E-state index in [0.717, 1.165) is 11.8 Å². The topological polar surface area (TPSA) is 12.0 Å². The Hall–Kier alpha value is -0.470. The van der Waals surface area contributed by atoms with Gasteiger partial charge in [0.1, 0.15) is 0 Å². The first-order valence-corrected chi connectivity index (χ1v) is 6.72. The lowest BCUT2D eigenvalue weighted by Crippen LogP contribution is -2.32. The summed E-state index contributed by atoms with van der Waals surface area (Å²) in [6.45, 7) is 5.53. The van der Waals surface area contributed by atoms with Crippen molar-refractivity contribution in [3.63, 3.8) is 0 Å². The summed E-state index contributed by atoms with van der Waals surface area (Å²) in [5, 5.41) is 4.44. The number of hydrogen-bond acceptors (Lipinski definition) is 2. The van der Waals surface area contributed by atoms with Gasteiger partial charge in [-0.1, -0.05) is 31.2 Å².